The van der Waals surface area contributed by atoms with Crippen molar-refractivity contribution in [3.63, 3.8) is 0 Å². The summed E-state index contributed by atoms with van der Waals surface area (Å²) in [5.74, 6) is 0.589. The molecule has 0 unspecified atom stereocenters. The van der Waals surface area contributed by atoms with Gasteiger partial charge in [-0.05, 0) is 25.5 Å². The molecule has 1 N–H and O–H groups in total. The highest BCUT2D eigenvalue weighted by Crippen LogP contribution is 2.20. The lowest BCUT2D eigenvalue weighted by Crippen LogP contribution is -2.14. The Morgan fingerprint density at radius 1 is 1.32 bits per heavy atom. The molecule has 6 heteroatoms. The zero-order valence-electron chi connectivity index (χ0n) is 10.7. The summed E-state index contributed by atoms with van der Waals surface area (Å²) < 4.78 is 1.52. The van der Waals surface area contributed by atoms with Crippen molar-refractivity contribution in [2.75, 3.05) is 0 Å². The van der Waals surface area contributed by atoms with E-state index in [9.17, 15) is 4.79 Å². The fourth-order valence-electron chi connectivity index (χ4n) is 2.24. The molecule has 0 radical (unpaired) electrons. The van der Waals surface area contributed by atoms with Crippen molar-refractivity contribution in [1.29, 1.82) is 0 Å². The highest BCUT2D eigenvalue weighted by atomic mass is 16.1. The fraction of sp³-hybridized carbons (Fsp3) is 0.231. The smallest absolute Gasteiger partial charge is 0.265 e. The summed E-state index contributed by atoms with van der Waals surface area (Å²) in [6, 6.07) is 3.65. The minimum Gasteiger partial charge on any atom is -0.265 e. The molecule has 3 aromatic heterocycles. The van der Waals surface area contributed by atoms with Crippen LogP contribution in [0.25, 0.3) is 17.0 Å². The zero-order valence-corrected chi connectivity index (χ0v) is 10.7. The molecule has 3 heterocycles. The van der Waals surface area contributed by atoms with Gasteiger partial charge in [0.2, 0.25) is 0 Å². The van der Waals surface area contributed by atoms with E-state index in [1.165, 1.54) is 4.40 Å². The maximum Gasteiger partial charge on any atom is 0.349 e. The molecule has 0 fully saturated rings. The molecule has 19 heavy (non-hydrogen) atoms. The third-order valence-corrected chi connectivity index (χ3v) is 3.16. The van der Waals surface area contributed by atoms with Gasteiger partial charge in [-0.3, -0.25) is 4.98 Å². The molecule has 0 saturated carbocycles. The van der Waals surface area contributed by atoms with Crippen molar-refractivity contribution in [3.05, 3.63) is 46.3 Å². The Morgan fingerprint density at radius 2 is 2.05 bits per heavy atom. The van der Waals surface area contributed by atoms with Gasteiger partial charge in [0.25, 0.3) is 0 Å². The maximum atomic E-state index is 11.9. The van der Waals surface area contributed by atoms with E-state index in [2.05, 4.69) is 20.2 Å². The lowest BCUT2D eigenvalue weighted by Gasteiger charge is -2.09. The molecule has 6 nitrogen and oxygen atoms in total. The van der Waals surface area contributed by atoms with Gasteiger partial charge in [-0.25, -0.2) is 19.3 Å². The standard InChI is InChI=1S/C13H13N5O/c1-3-10-8(2)15-11(9-4-6-14-7-5-9)18-12(10)16-17-13(18)19/h4-7H,3H2,1-2H3,(H,17,19). The van der Waals surface area contributed by atoms with Crippen molar-refractivity contribution < 1.29 is 0 Å². The number of fused-ring (bicyclic) bond motifs is 1. The molecule has 0 aromatic carbocycles. The number of hydrogen-bond acceptors (Lipinski definition) is 4. The zero-order chi connectivity index (χ0) is 13.4. The Bertz CT molecular complexity index is 788. The van der Waals surface area contributed by atoms with E-state index in [0.29, 0.717) is 11.5 Å². The maximum absolute atomic E-state index is 11.9. The van der Waals surface area contributed by atoms with Crippen molar-refractivity contribution in [1.82, 2.24) is 24.6 Å². The lowest BCUT2D eigenvalue weighted by molar-refractivity contribution is 0.963. The average molecular weight is 255 g/mol. The van der Waals surface area contributed by atoms with Crippen LogP contribution in [0.15, 0.2) is 29.3 Å². The summed E-state index contributed by atoms with van der Waals surface area (Å²) in [6.07, 6.45) is 4.14. The van der Waals surface area contributed by atoms with E-state index in [-0.39, 0.29) is 5.69 Å². The first-order valence-corrected chi connectivity index (χ1v) is 6.09. The predicted octanol–water partition coefficient (Wildman–Crippen LogP) is 1.35. The molecule has 3 aromatic rings. The molecule has 96 valence electrons. The number of aryl methyl sites for hydroxylation is 2. The van der Waals surface area contributed by atoms with E-state index >= 15 is 0 Å². The van der Waals surface area contributed by atoms with Gasteiger partial charge < -0.3 is 0 Å². The first-order valence-electron chi connectivity index (χ1n) is 6.09. The van der Waals surface area contributed by atoms with Crippen molar-refractivity contribution in [2.45, 2.75) is 20.3 Å². The number of aromatic amines is 1. The second-order valence-corrected chi connectivity index (χ2v) is 4.28. The molecule has 0 atom stereocenters. The van der Waals surface area contributed by atoms with Gasteiger partial charge in [0.15, 0.2) is 5.65 Å². The highest BCUT2D eigenvalue weighted by Gasteiger charge is 2.15. The SMILES string of the molecule is CCc1c(C)nc(-c2ccncc2)n2c(=O)[nH]nc12. The van der Waals surface area contributed by atoms with E-state index < -0.39 is 0 Å². The number of pyridine rings is 1. The van der Waals surface area contributed by atoms with Crippen LogP contribution in [0.2, 0.25) is 0 Å². The van der Waals surface area contributed by atoms with Gasteiger partial charge in [-0.2, -0.15) is 5.10 Å². The molecule has 0 aliphatic carbocycles. The minimum absolute atomic E-state index is 0.274. The molecular weight excluding hydrogens is 242 g/mol. The summed E-state index contributed by atoms with van der Waals surface area (Å²) in [7, 11) is 0. The summed E-state index contributed by atoms with van der Waals surface area (Å²) in [5, 5.41) is 6.60. The van der Waals surface area contributed by atoms with Crippen LogP contribution in [0.3, 0.4) is 0 Å². The normalized spacial score (nSPS) is 11.1. The number of nitrogens with one attached hydrogen (secondary N) is 1. The minimum atomic E-state index is -0.274. The molecular formula is C13H13N5O. The number of nitrogens with zero attached hydrogens (tertiary/aromatic N) is 4. The third-order valence-electron chi connectivity index (χ3n) is 3.16. The molecule has 0 amide bonds. The Balaban J connectivity index is 2.44. The van der Waals surface area contributed by atoms with Crippen molar-refractivity contribution in [3.8, 4) is 11.4 Å². The summed E-state index contributed by atoms with van der Waals surface area (Å²) >= 11 is 0. The van der Waals surface area contributed by atoms with E-state index in [0.717, 1.165) is 23.2 Å². The van der Waals surface area contributed by atoms with Crippen molar-refractivity contribution in [2.24, 2.45) is 0 Å². The van der Waals surface area contributed by atoms with Crippen molar-refractivity contribution >= 4 is 5.65 Å². The van der Waals surface area contributed by atoms with Crippen LogP contribution in [0, 0.1) is 6.92 Å². The lowest BCUT2D eigenvalue weighted by atomic mass is 10.1. The number of aromatic nitrogens is 5. The van der Waals surface area contributed by atoms with Crippen LogP contribution in [-0.2, 0) is 6.42 Å². The topological polar surface area (TPSA) is 75.9 Å². The van der Waals surface area contributed by atoms with Gasteiger partial charge >= 0.3 is 5.69 Å². The third kappa shape index (κ3) is 1.72. The highest BCUT2D eigenvalue weighted by molar-refractivity contribution is 5.61. The Labute approximate surface area is 109 Å². The summed E-state index contributed by atoms with van der Waals surface area (Å²) in [5.41, 5.74) is 3.09. The van der Waals surface area contributed by atoms with Crippen LogP contribution in [0.5, 0.6) is 0 Å². The van der Waals surface area contributed by atoms with E-state index in [1.807, 2.05) is 26.0 Å². The number of rotatable bonds is 2. The second-order valence-electron chi connectivity index (χ2n) is 4.28. The molecule has 0 spiro atoms. The first kappa shape index (κ1) is 11.6. The Morgan fingerprint density at radius 3 is 2.74 bits per heavy atom. The van der Waals surface area contributed by atoms with Crippen LogP contribution in [0.1, 0.15) is 18.2 Å². The van der Waals surface area contributed by atoms with Gasteiger partial charge in [0, 0.05) is 29.2 Å². The van der Waals surface area contributed by atoms with Crippen LogP contribution in [0.4, 0.5) is 0 Å². The summed E-state index contributed by atoms with van der Waals surface area (Å²) in [4.78, 5) is 20.5. The quantitative estimate of drug-likeness (QED) is 0.750. The molecule has 0 aliphatic heterocycles. The molecule has 3 rings (SSSR count). The van der Waals surface area contributed by atoms with Gasteiger partial charge in [-0.15, -0.1) is 0 Å². The number of hydrogen-bond donors (Lipinski definition) is 1. The van der Waals surface area contributed by atoms with Crippen LogP contribution >= 0.6 is 0 Å². The van der Waals surface area contributed by atoms with Gasteiger partial charge in [0.05, 0.1) is 0 Å². The van der Waals surface area contributed by atoms with Crippen LogP contribution in [-0.4, -0.2) is 24.6 Å². The average Bonchev–Trinajstić information content (AvgIpc) is 2.81. The number of H-pyrrole nitrogens is 1. The second kappa shape index (κ2) is 4.31. The van der Waals surface area contributed by atoms with E-state index in [1.54, 1.807) is 12.4 Å². The first-order chi connectivity index (χ1) is 9.22. The molecule has 0 saturated heterocycles. The van der Waals surface area contributed by atoms with E-state index in [4.69, 9.17) is 0 Å². The Hall–Kier alpha value is -2.50. The van der Waals surface area contributed by atoms with Gasteiger partial charge in [0.1, 0.15) is 5.82 Å². The fourth-order valence-corrected chi connectivity index (χ4v) is 2.24. The predicted molar refractivity (Wildman–Crippen MR) is 71.0 cm³/mol. The molecule has 0 bridgehead atoms. The van der Waals surface area contributed by atoms with Crippen LogP contribution < -0.4 is 5.69 Å². The largest absolute Gasteiger partial charge is 0.349 e. The summed E-state index contributed by atoms with van der Waals surface area (Å²) in [6.45, 7) is 3.96. The Kier molecular flexibility index (Phi) is 2.63. The molecule has 0 aliphatic rings. The monoisotopic (exact) mass is 255 g/mol. The van der Waals surface area contributed by atoms with Gasteiger partial charge in [-0.1, -0.05) is 6.92 Å².